The molecule has 0 aromatic rings. The third kappa shape index (κ3) is 9.29. The Morgan fingerprint density at radius 2 is 2.13 bits per heavy atom. The van der Waals surface area contributed by atoms with E-state index in [1.807, 2.05) is 5.43 Å². The smallest absolute Gasteiger partial charge is 0.385 e. The van der Waals surface area contributed by atoms with Crippen LogP contribution in [0.2, 0.25) is 0 Å². The summed E-state index contributed by atoms with van der Waals surface area (Å²) in [7, 11) is 1.54. The van der Waals surface area contributed by atoms with E-state index in [0.29, 0.717) is 19.6 Å². The van der Waals surface area contributed by atoms with Crippen LogP contribution in [0.25, 0.3) is 0 Å². The average Bonchev–Trinajstić information content (AvgIpc) is 2.15. The fraction of sp³-hybridized carbons (Fsp3) is 0.857. The fourth-order valence-corrected chi connectivity index (χ4v) is 0.745. The quantitative estimate of drug-likeness (QED) is 0.203. The Bertz CT molecular complexity index is 195. The minimum Gasteiger partial charge on any atom is -0.385 e. The summed E-state index contributed by atoms with van der Waals surface area (Å²) in [4.78, 5) is 3.21. The van der Waals surface area contributed by atoms with Gasteiger partial charge in [-0.3, -0.25) is 5.43 Å². The van der Waals surface area contributed by atoms with Crippen LogP contribution in [0.4, 0.5) is 13.2 Å². The summed E-state index contributed by atoms with van der Waals surface area (Å²) in [6, 6.07) is 0. The maximum Gasteiger partial charge on any atom is 0.408 e. The van der Waals surface area contributed by atoms with E-state index in [2.05, 4.69) is 10.3 Å². The lowest BCUT2D eigenvalue weighted by atomic mass is 10.4. The van der Waals surface area contributed by atoms with E-state index in [1.165, 1.54) is 0 Å². The Labute approximate surface area is 85.8 Å². The summed E-state index contributed by atoms with van der Waals surface area (Å²) in [6.07, 6.45) is -3.67. The Balaban J connectivity index is 3.81. The first-order valence-corrected chi connectivity index (χ1v) is 4.30. The summed E-state index contributed by atoms with van der Waals surface area (Å²) in [5, 5.41) is 2.61. The van der Waals surface area contributed by atoms with Crippen LogP contribution in [0, 0.1) is 0 Å². The van der Waals surface area contributed by atoms with Crippen LogP contribution in [-0.4, -0.2) is 38.9 Å². The van der Waals surface area contributed by atoms with Crippen molar-refractivity contribution in [3.8, 4) is 0 Å². The molecule has 0 rings (SSSR count). The van der Waals surface area contributed by atoms with Crippen LogP contribution in [0.1, 0.15) is 6.42 Å². The van der Waals surface area contributed by atoms with E-state index in [-0.39, 0.29) is 5.96 Å². The number of ether oxygens (including phenoxy) is 1. The number of rotatable bonds is 5. The molecule has 0 bridgehead atoms. The Kier molecular flexibility index (Phi) is 6.80. The average molecular weight is 228 g/mol. The number of hydrogen-bond donors (Lipinski definition) is 3. The van der Waals surface area contributed by atoms with Crippen molar-refractivity contribution in [1.29, 1.82) is 0 Å². The molecule has 0 aromatic carbocycles. The van der Waals surface area contributed by atoms with E-state index < -0.39 is 12.7 Å². The van der Waals surface area contributed by atoms with E-state index in [4.69, 9.17) is 10.6 Å². The highest BCUT2D eigenvalue weighted by Gasteiger charge is 2.26. The summed E-state index contributed by atoms with van der Waals surface area (Å²) < 4.78 is 40.1. The second kappa shape index (κ2) is 7.30. The van der Waals surface area contributed by atoms with Gasteiger partial charge >= 0.3 is 6.18 Å². The standard InChI is InChI=1S/C7H15F3N4O/c1-15-4-2-3-12-6(14-11)13-5-7(8,9)10/h2-5,11H2,1H3,(H2,12,13,14). The van der Waals surface area contributed by atoms with Gasteiger partial charge in [0.1, 0.15) is 6.54 Å². The number of nitrogens with two attached hydrogens (primary N) is 1. The second-order valence-electron chi connectivity index (χ2n) is 2.70. The van der Waals surface area contributed by atoms with E-state index in [1.54, 1.807) is 7.11 Å². The Morgan fingerprint density at radius 3 is 2.60 bits per heavy atom. The fourth-order valence-electron chi connectivity index (χ4n) is 0.745. The molecule has 0 saturated heterocycles. The van der Waals surface area contributed by atoms with Crippen molar-refractivity contribution in [2.75, 3.05) is 26.8 Å². The molecule has 0 aliphatic heterocycles. The third-order valence-corrected chi connectivity index (χ3v) is 1.37. The maximum absolute atomic E-state index is 11.8. The van der Waals surface area contributed by atoms with Crippen LogP contribution < -0.4 is 16.6 Å². The van der Waals surface area contributed by atoms with Gasteiger partial charge in [-0.05, 0) is 6.42 Å². The first-order chi connectivity index (χ1) is 6.99. The zero-order valence-corrected chi connectivity index (χ0v) is 8.40. The van der Waals surface area contributed by atoms with Crippen molar-refractivity contribution in [1.82, 2.24) is 10.7 Å². The Morgan fingerprint density at radius 1 is 1.47 bits per heavy atom. The molecule has 5 nitrogen and oxygen atoms in total. The molecule has 0 fully saturated rings. The molecule has 0 aliphatic carbocycles. The topological polar surface area (TPSA) is 71.7 Å². The number of halogens is 3. The number of hydrazine groups is 1. The van der Waals surface area contributed by atoms with Crippen molar-refractivity contribution >= 4 is 5.96 Å². The minimum atomic E-state index is -4.32. The lowest BCUT2D eigenvalue weighted by Gasteiger charge is -2.09. The molecule has 8 heteroatoms. The van der Waals surface area contributed by atoms with Gasteiger partial charge in [-0.2, -0.15) is 13.2 Å². The molecule has 0 atom stereocenters. The number of hydrogen-bond acceptors (Lipinski definition) is 3. The van der Waals surface area contributed by atoms with E-state index >= 15 is 0 Å². The van der Waals surface area contributed by atoms with Crippen molar-refractivity contribution < 1.29 is 17.9 Å². The summed E-state index contributed by atoms with van der Waals surface area (Å²) in [6.45, 7) is -0.303. The van der Waals surface area contributed by atoms with Crippen molar-refractivity contribution in [3.05, 3.63) is 0 Å². The lowest BCUT2D eigenvalue weighted by Crippen LogP contribution is -2.42. The molecular formula is C7H15F3N4O. The van der Waals surface area contributed by atoms with Crippen molar-refractivity contribution in [2.24, 2.45) is 10.8 Å². The molecule has 0 radical (unpaired) electrons. The number of alkyl halides is 3. The molecule has 0 aliphatic rings. The zero-order valence-electron chi connectivity index (χ0n) is 8.40. The number of aliphatic imine (C=N–C) groups is 1. The molecule has 15 heavy (non-hydrogen) atoms. The molecule has 0 unspecified atom stereocenters. The van der Waals surface area contributed by atoms with E-state index in [0.717, 1.165) is 0 Å². The number of nitrogens with one attached hydrogen (secondary N) is 2. The molecule has 0 saturated carbocycles. The number of guanidine groups is 1. The molecule has 0 spiro atoms. The Hall–Kier alpha value is -1.02. The largest absolute Gasteiger partial charge is 0.408 e. The first kappa shape index (κ1) is 14.0. The van der Waals surface area contributed by atoms with Crippen LogP contribution in [0.5, 0.6) is 0 Å². The van der Waals surface area contributed by atoms with Crippen LogP contribution in [0.3, 0.4) is 0 Å². The highest BCUT2D eigenvalue weighted by atomic mass is 19.4. The number of nitrogens with zero attached hydrogens (tertiary/aromatic N) is 1. The molecule has 0 aromatic heterocycles. The highest BCUT2D eigenvalue weighted by Crippen LogP contribution is 2.13. The van der Waals surface area contributed by atoms with Crippen molar-refractivity contribution in [2.45, 2.75) is 12.6 Å². The number of methoxy groups -OCH3 is 1. The minimum absolute atomic E-state index is 0.0802. The monoisotopic (exact) mass is 228 g/mol. The van der Waals surface area contributed by atoms with Crippen LogP contribution in [0.15, 0.2) is 4.99 Å². The van der Waals surface area contributed by atoms with Gasteiger partial charge in [-0.1, -0.05) is 0 Å². The highest BCUT2D eigenvalue weighted by molar-refractivity contribution is 5.79. The van der Waals surface area contributed by atoms with Gasteiger partial charge in [0.15, 0.2) is 0 Å². The summed E-state index contributed by atoms with van der Waals surface area (Å²) in [5.74, 6) is 4.89. The summed E-state index contributed by atoms with van der Waals surface area (Å²) in [5.41, 5.74) is 2.05. The zero-order chi connectivity index (χ0) is 11.7. The molecule has 90 valence electrons. The van der Waals surface area contributed by atoms with Gasteiger partial charge in [0.05, 0.1) is 0 Å². The van der Waals surface area contributed by atoms with E-state index in [9.17, 15) is 13.2 Å². The van der Waals surface area contributed by atoms with Gasteiger partial charge < -0.3 is 10.1 Å². The van der Waals surface area contributed by atoms with Gasteiger partial charge in [0.25, 0.3) is 0 Å². The lowest BCUT2D eigenvalue weighted by molar-refractivity contribution is -0.118. The normalized spacial score (nSPS) is 12.7. The van der Waals surface area contributed by atoms with Gasteiger partial charge in [0.2, 0.25) is 5.96 Å². The maximum atomic E-state index is 11.8. The third-order valence-electron chi connectivity index (χ3n) is 1.37. The molecule has 0 amide bonds. The predicted molar refractivity (Wildman–Crippen MR) is 50.2 cm³/mol. The van der Waals surface area contributed by atoms with Crippen LogP contribution >= 0.6 is 0 Å². The molecule has 0 heterocycles. The SMILES string of the molecule is COCCCNC(=NCC(F)(F)F)NN. The molecule has 4 N–H and O–H groups in total. The predicted octanol–water partition coefficient (Wildman–Crippen LogP) is -0.00590. The van der Waals surface area contributed by atoms with Gasteiger partial charge in [-0.25, -0.2) is 10.8 Å². The second-order valence-corrected chi connectivity index (χ2v) is 2.70. The van der Waals surface area contributed by atoms with Gasteiger partial charge in [-0.15, -0.1) is 0 Å². The summed E-state index contributed by atoms with van der Waals surface area (Å²) >= 11 is 0. The van der Waals surface area contributed by atoms with Crippen LogP contribution in [-0.2, 0) is 4.74 Å². The molecular weight excluding hydrogens is 213 g/mol. The first-order valence-electron chi connectivity index (χ1n) is 4.30. The van der Waals surface area contributed by atoms with Crippen molar-refractivity contribution in [3.63, 3.8) is 0 Å². The van der Waals surface area contributed by atoms with Gasteiger partial charge in [0, 0.05) is 20.3 Å².